The summed E-state index contributed by atoms with van der Waals surface area (Å²) in [6.07, 6.45) is 24.2. The van der Waals surface area contributed by atoms with Crippen LogP contribution in [0.25, 0.3) is 0 Å². The van der Waals surface area contributed by atoms with Crippen LogP contribution in [0.3, 0.4) is 0 Å². The Kier molecular flexibility index (Phi) is 27.4. The van der Waals surface area contributed by atoms with E-state index in [-0.39, 0.29) is 0 Å². The van der Waals surface area contributed by atoms with Crippen molar-refractivity contribution in [2.75, 3.05) is 46.9 Å². The summed E-state index contributed by atoms with van der Waals surface area (Å²) in [6.45, 7) is 6.88. The number of rotatable bonds is 23. The maximum atomic E-state index is 9.04. The molecular formula is C25H55N3O4. The van der Waals surface area contributed by atoms with Crippen LogP contribution in [0.2, 0.25) is 0 Å². The summed E-state index contributed by atoms with van der Waals surface area (Å²) in [5.41, 5.74) is 0. The quantitative estimate of drug-likeness (QED) is 0.0834. The lowest BCUT2D eigenvalue weighted by Crippen LogP contribution is -2.43. The standard InChI is InChI=1S/C25H55N2O.NO3/c1-4-5-6-7-8-9-10-11-12-13-14-15-16-17-18-19-21-26-22-20-23-27(2,3)24-25-28;2-1(3)4/h26,28H,4-25H2,1-3H3;/q+1;-1. The summed E-state index contributed by atoms with van der Waals surface area (Å²) in [7, 11) is 4.40. The molecule has 0 fully saturated rings. The lowest BCUT2D eigenvalue weighted by atomic mass is 10.0. The van der Waals surface area contributed by atoms with E-state index in [0.29, 0.717) is 6.61 Å². The van der Waals surface area contributed by atoms with Crippen LogP contribution in [0, 0.1) is 15.3 Å². The van der Waals surface area contributed by atoms with Crippen molar-refractivity contribution >= 4 is 0 Å². The molecule has 0 amide bonds. The summed E-state index contributed by atoms with van der Waals surface area (Å²) in [6, 6.07) is 0. The number of aliphatic hydroxyl groups excluding tert-OH is 1. The van der Waals surface area contributed by atoms with Crippen LogP contribution >= 0.6 is 0 Å². The second-order valence-electron chi connectivity index (χ2n) is 9.74. The average Bonchev–Trinajstić information content (AvgIpc) is 2.72. The highest BCUT2D eigenvalue weighted by atomic mass is 16.9. The predicted molar refractivity (Wildman–Crippen MR) is 136 cm³/mol. The summed E-state index contributed by atoms with van der Waals surface area (Å²) in [5.74, 6) is 0. The molecule has 0 aliphatic heterocycles. The smallest absolute Gasteiger partial charge is 0.102 e. The zero-order chi connectivity index (χ0) is 24.3. The van der Waals surface area contributed by atoms with Gasteiger partial charge in [0.1, 0.15) is 6.54 Å². The van der Waals surface area contributed by atoms with Gasteiger partial charge in [-0.3, -0.25) is 0 Å². The average molecular weight is 462 g/mol. The van der Waals surface area contributed by atoms with E-state index in [0.717, 1.165) is 24.1 Å². The number of nitrogens with one attached hydrogen (secondary N) is 1. The molecule has 0 unspecified atom stereocenters. The molecule has 0 radical (unpaired) electrons. The molecule has 7 nitrogen and oxygen atoms in total. The molecule has 0 saturated carbocycles. The Morgan fingerprint density at radius 3 is 1.38 bits per heavy atom. The number of nitrogens with zero attached hydrogens (tertiary/aromatic N) is 2. The van der Waals surface area contributed by atoms with Crippen LogP contribution in [0.15, 0.2) is 0 Å². The van der Waals surface area contributed by atoms with Gasteiger partial charge in [-0.2, -0.15) is 0 Å². The Morgan fingerprint density at radius 2 is 1.00 bits per heavy atom. The molecule has 0 saturated heterocycles. The van der Waals surface area contributed by atoms with Gasteiger partial charge in [0.05, 0.1) is 32.3 Å². The number of likely N-dealkylation sites (N-methyl/N-ethyl adjacent to an activating group) is 1. The molecule has 7 heteroatoms. The second kappa shape index (κ2) is 26.3. The fourth-order valence-electron chi connectivity index (χ4n) is 3.94. The topological polar surface area (TPSA) is 98.5 Å². The number of unbranched alkanes of at least 4 members (excludes halogenated alkanes) is 15. The first-order valence-electron chi connectivity index (χ1n) is 13.3. The molecular weight excluding hydrogens is 406 g/mol. The third kappa shape index (κ3) is 33.7. The van der Waals surface area contributed by atoms with Crippen molar-refractivity contribution in [1.82, 2.24) is 5.32 Å². The Bertz CT molecular complexity index is 378. The summed E-state index contributed by atoms with van der Waals surface area (Å²) in [5, 5.41) is 27.4. The minimum atomic E-state index is -1.75. The number of aliphatic hydroxyl groups is 1. The minimum absolute atomic E-state index is 0.291. The van der Waals surface area contributed by atoms with Crippen molar-refractivity contribution in [2.45, 2.75) is 116 Å². The Morgan fingerprint density at radius 1 is 0.656 bits per heavy atom. The molecule has 0 spiro atoms. The van der Waals surface area contributed by atoms with E-state index in [9.17, 15) is 0 Å². The first-order valence-corrected chi connectivity index (χ1v) is 13.3. The van der Waals surface area contributed by atoms with Gasteiger partial charge in [0.15, 0.2) is 0 Å². The largest absolute Gasteiger partial charge is 0.391 e. The molecule has 0 aromatic carbocycles. The summed E-state index contributed by atoms with van der Waals surface area (Å²) in [4.78, 5) is 8.25. The van der Waals surface area contributed by atoms with Crippen LogP contribution in [0.5, 0.6) is 0 Å². The first kappa shape index (κ1) is 33.3. The number of hydrogen-bond donors (Lipinski definition) is 2. The first-order chi connectivity index (χ1) is 15.4. The van der Waals surface area contributed by atoms with Crippen molar-refractivity contribution in [3.8, 4) is 0 Å². The molecule has 0 atom stereocenters. The molecule has 0 aliphatic rings. The molecule has 32 heavy (non-hydrogen) atoms. The highest BCUT2D eigenvalue weighted by Crippen LogP contribution is 2.13. The lowest BCUT2D eigenvalue weighted by Gasteiger charge is -2.28. The zero-order valence-electron chi connectivity index (χ0n) is 21.6. The number of quaternary nitrogens is 1. The van der Waals surface area contributed by atoms with E-state index >= 15 is 0 Å². The normalized spacial score (nSPS) is 11.2. The molecule has 0 bridgehead atoms. The Labute approximate surface area is 198 Å². The zero-order valence-corrected chi connectivity index (χ0v) is 21.6. The highest BCUT2D eigenvalue weighted by Gasteiger charge is 2.12. The van der Waals surface area contributed by atoms with Crippen molar-refractivity contribution in [2.24, 2.45) is 0 Å². The van der Waals surface area contributed by atoms with Crippen molar-refractivity contribution in [1.29, 1.82) is 0 Å². The van der Waals surface area contributed by atoms with Gasteiger partial charge in [-0.15, -0.1) is 0 Å². The number of hydrogen-bond acceptors (Lipinski definition) is 5. The molecule has 0 aromatic heterocycles. The summed E-state index contributed by atoms with van der Waals surface area (Å²) < 4.78 is 0.928. The van der Waals surface area contributed by atoms with E-state index in [4.69, 9.17) is 20.4 Å². The van der Waals surface area contributed by atoms with E-state index in [1.807, 2.05) is 0 Å². The van der Waals surface area contributed by atoms with Crippen LogP contribution in [-0.4, -0.2) is 61.6 Å². The van der Waals surface area contributed by atoms with Gasteiger partial charge in [-0.25, -0.2) is 0 Å². The van der Waals surface area contributed by atoms with Gasteiger partial charge in [0.2, 0.25) is 0 Å². The highest BCUT2D eigenvalue weighted by molar-refractivity contribution is 4.52. The van der Waals surface area contributed by atoms with Crippen LogP contribution in [0.1, 0.15) is 116 Å². The molecule has 0 heterocycles. The third-order valence-corrected chi connectivity index (χ3v) is 6.03. The Hall–Kier alpha value is -0.920. The van der Waals surface area contributed by atoms with Gasteiger partial charge in [-0.1, -0.05) is 103 Å². The van der Waals surface area contributed by atoms with Gasteiger partial charge in [0, 0.05) is 13.0 Å². The van der Waals surface area contributed by atoms with Crippen LogP contribution in [-0.2, 0) is 0 Å². The Balaban J connectivity index is 0. The third-order valence-electron chi connectivity index (χ3n) is 6.03. The van der Waals surface area contributed by atoms with Crippen molar-refractivity contribution in [3.05, 3.63) is 15.3 Å². The maximum Gasteiger partial charge on any atom is 0.102 e. The van der Waals surface area contributed by atoms with Gasteiger partial charge < -0.3 is 30.2 Å². The van der Waals surface area contributed by atoms with Gasteiger partial charge in [0.25, 0.3) is 0 Å². The SMILES string of the molecule is CCCCCCCCCCCCCCCCCCNCCC[N+](C)(C)CCO.O=[N+]([O-])[O-]. The van der Waals surface area contributed by atoms with Gasteiger partial charge in [-0.05, 0) is 13.0 Å². The predicted octanol–water partition coefficient (Wildman–Crippen LogP) is 6.06. The summed E-state index contributed by atoms with van der Waals surface area (Å²) >= 11 is 0. The second-order valence-corrected chi connectivity index (χ2v) is 9.74. The van der Waals surface area contributed by atoms with Gasteiger partial charge >= 0.3 is 0 Å². The molecule has 0 aliphatic carbocycles. The minimum Gasteiger partial charge on any atom is -0.391 e. The van der Waals surface area contributed by atoms with E-state index < -0.39 is 5.09 Å². The maximum absolute atomic E-state index is 9.04. The molecule has 0 rings (SSSR count). The van der Waals surface area contributed by atoms with Crippen molar-refractivity contribution in [3.63, 3.8) is 0 Å². The fourth-order valence-corrected chi connectivity index (χ4v) is 3.94. The van der Waals surface area contributed by atoms with Crippen LogP contribution < -0.4 is 5.32 Å². The van der Waals surface area contributed by atoms with Crippen molar-refractivity contribution < 1.29 is 14.7 Å². The van der Waals surface area contributed by atoms with E-state index in [1.54, 1.807) is 0 Å². The van der Waals surface area contributed by atoms with Crippen LogP contribution in [0.4, 0.5) is 0 Å². The van der Waals surface area contributed by atoms with E-state index in [2.05, 4.69) is 26.3 Å². The fraction of sp³-hybridized carbons (Fsp3) is 1.00. The monoisotopic (exact) mass is 461 g/mol. The molecule has 194 valence electrons. The molecule has 2 N–H and O–H groups in total. The lowest BCUT2D eigenvalue weighted by molar-refractivity contribution is -0.890. The van der Waals surface area contributed by atoms with E-state index in [1.165, 1.54) is 116 Å². The molecule has 0 aromatic rings.